The van der Waals surface area contributed by atoms with Crippen molar-refractivity contribution in [3.05, 3.63) is 96.7 Å². The number of aliphatic hydroxyl groups is 1. The number of benzene rings is 3. The number of amides is 1. The quantitative estimate of drug-likeness (QED) is 0.434. The molecule has 0 aliphatic carbocycles. The zero-order valence-corrected chi connectivity index (χ0v) is 17.3. The zero-order valence-electron chi connectivity index (χ0n) is 17.3. The summed E-state index contributed by atoms with van der Waals surface area (Å²) in [5.74, 6) is -0.137. The van der Waals surface area contributed by atoms with Gasteiger partial charge in [0.15, 0.2) is 6.10 Å². The van der Waals surface area contributed by atoms with Gasteiger partial charge in [0.1, 0.15) is 5.82 Å². The van der Waals surface area contributed by atoms with Crippen molar-refractivity contribution >= 4 is 27.8 Å². The van der Waals surface area contributed by atoms with Gasteiger partial charge in [-0.3, -0.25) is 9.78 Å². The first-order valence-corrected chi connectivity index (χ1v) is 10.5. The highest BCUT2D eigenvalue weighted by atomic mass is 16.3. The molecule has 5 rings (SSSR count). The number of pyridine rings is 1. The van der Waals surface area contributed by atoms with E-state index in [4.69, 9.17) is 10.7 Å². The molecular formula is C26H22N4O2. The predicted octanol–water partition coefficient (Wildman–Crippen LogP) is 3.88. The Kier molecular flexibility index (Phi) is 5.13. The molecule has 0 spiro atoms. The number of imidazole rings is 1. The van der Waals surface area contributed by atoms with Gasteiger partial charge in [-0.25, -0.2) is 4.98 Å². The molecule has 0 fully saturated rings. The molecule has 2 heterocycles. The number of aromatic nitrogens is 3. The Labute approximate surface area is 185 Å². The van der Waals surface area contributed by atoms with E-state index in [0.29, 0.717) is 12.2 Å². The smallest absolute Gasteiger partial charge is 0.248 e. The topological polar surface area (TPSA) is 94.0 Å². The SMILES string of the molecule is NC(=O)C(O)C(Cc1ccccc1)n1c(-c2cccc3cccnc23)nc2ccccc21. The van der Waals surface area contributed by atoms with Crippen LogP contribution in [-0.2, 0) is 11.2 Å². The normalized spacial score (nSPS) is 13.3. The maximum absolute atomic E-state index is 12.1. The van der Waals surface area contributed by atoms with E-state index in [1.54, 1.807) is 6.20 Å². The highest BCUT2D eigenvalue weighted by molar-refractivity contribution is 5.94. The van der Waals surface area contributed by atoms with E-state index in [0.717, 1.165) is 33.1 Å². The molecule has 5 aromatic rings. The Hall–Kier alpha value is -4.03. The summed E-state index contributed by atoms with van der Waals surface area (Å²) >= 11 is 0. The molecule has 0 bridgehead atoms. The molecule has 2 aromatic heterocycles. The number of hydrogen-bond acceptors (Lipinski definition) is 4. The molecule has 0 aliphatic heterocycles. The third kappa shape index (κ3) is 3.50. The Morgan fingerprint density at radius 2 is 1.69 bits per heavy atom. The van der Waals surface area contributed by atoms with Crippen molar-refractivity contribution in [2.75, 3.05) is 0 Å². The maximum Gasteiger partial charge on any atom is 0.248 e. The number of fused-ring (bicyclic) bond motifs is 2. The van der Waals surface area contributed by atoms with Gasteiger partial charge in [0, 0.05) is 17.1 Å². The van der Waals surface area contributed by atoms with E-state index in [9.17, 15) is 9.90 Å². The van der Waals surface area contributed by atoms with E-state index in [1.807, 2.05) is 89.5 Å². The van der Waals surface area contributed by atoms with Gasteiger partial charge in [-0.15, -0.1) is 0 Å². The average molecular weight is 422 g/mol. The van der Waals surface area contributed by atoms with E-state index in [2.05, 4.69) is 4.98 Å². The summed E-state index contributed by atoms with van der Waals surface area (Å²) in [6.45, 7) is 0. The monoisotopic (exact) mass is 422 g/mol. The van der Waals surface area contributed by atoms with Crippen molar-refractivity contribution in [1.82, 2.24) is 14.5 Å². The van der Waals surface area contributed by atoms with Crippen LogP contribution in [0.1, 0.15) is 11.6 Å². The van der Waals surface area contributed by atoms with Gasteiger partial charge in [0.2, 0.25) is 5.91 Å². The lowest BCUT2D eigenvalue weighted by molar-refractivity contribution is -0.128. The third-order valence-electron chi connectivity index (χ3n) is 5.74. The predicted molar refractivity (Wildman–Crippen MR) is 125 cm³/mol. The highest BCUT2D eigenvalue weighted by Gasteiger charge is 2.30. The lowest BCUT2D eigenvalue weighted by Gasteiger charge is -2.25. The first-order chi connectivity index (χ1) is 15.6. The number of para-hydroxylation sites is 3. The fourth-order valence-corrected chi connectivity index (χ4v) is 4.24. The number of rotatable bonds is 6. The molecule has 6 heteroatoms. The van der Waals surface area contributed by atoms with Gasteiger partial charge in [-0.1, -0.05) is 60.7 Å². The Bertz CT molecular complexity index is 1410. The fourth-order valence-electron chi connectivity index (χ4n) is 4.24. The lowest BCUT2D eigenvalue weighted by Crippen LogP contribution is -2.38. The summed E-state index contributed by atoms with van der Waals surface area (Å²) in [5.41, 5.74) is 9.79. The van der Waals surface area contributed by atoms with Crippen molar-refractivity contribution in [1.29, 1.82) is 0 Å². The van der Waals surface area contributed by atoms with Crippen molar-refractivity contribution in [3.8, 4) is 11.4 Å². The summed E-state index contributed by atoms with van der Waals surface area (Å²) in [7, 11) is 0. The van der Waals surface area contributed by atoms with Crippen molar-refractivity contribution < 1.29 is 9.90 Å². The minimum absolute atomic E-state index is 0.413. The minimum Gasteiger partial charge on any atom is -0.381 e. The summed E-state index contributed by atoms with van der Waals surface area (Å²) in [6, 6.07) is 26.6. The van der Waals surface area contributed by atoms with Crippen LogP contribution in [0, 0.1) is 0 Å². The van der Waals surface area contributed by atoms with Gasteiger partial charge in [0.05, 0.1) is 22.6 Å². The van der Waals surface area contributed by atoms with E-state index in [-0.39, 0.29) is 0 Å². The van der Waals surface area contributed by atoms with Crippen LogP contribution in [0.15, 0.2) is 91.1 Å². The van der Waals surface area contributed by atoms with Gasteiger partial charge in [-0.2, -0.15) is 0 Å². The first kappa shape index (κ1) is 19.9. The van der Waals surface area contributed by atoms with E-state index < -0.39 is 18.1 Å². The largest absolute Gasteiger partial charge is 0.381 e. The van der Waals surface area contributed by atoms with Crippen molar-refractivity contribution in [2.45, 2.75) is 18.6 Å². The van der Waals surface area contributed by atoms with Crippen LogP contribution < -0.4 is 5.73 Å². The molecule has 3 aromatic carbocycles. The van der Waals surface area contributed by atoms with E-state index in [1.165, 1.54) is 0 Å². The zero-order chi connectivity index (χ0) is 22.1. The van der Waals surface area contributed by atoms with E-state index >= 15 is 0 Å². The summed E-state index contributed by atoms with van der Waals surface area (Å²) in [4.78, 5) is 21.6. The van der Waals surface area contributed by atoms with Gasteiger partial charge < -0.3 is 15.4 Å². The lowest BCUT2D eigenvalue weighted by atomic mass is 9.99. The second kappa shape index (κ2) is 8.24. The molecule has 6 nitrogen and oxygen atoms in total. The van der Waals surface area contributed by atoms with Crippen molar-refractivity contribution in [2.24, 2.45) is 5.73 Å². The fraction of sp³-hybridized carbons (Fsp3) is 0.115. The van der Waals surface area contributed by atoms with Crippen LogP contribution in [0.5, 0.6) is 0 Å². The van der Waals surface area contributed by atoms with Crippen LogP contribution in [-0.4, -0.2) is 31.7 Å². The average Bonchev–Trinajstić information content (AvgIpc) is 3.21. The Balaban J connectivity index is 1.78. The third-order valence-corrected chi connectivity index (χ3v) is 5.74. The first-order valence-electron chi connectivity index (χ1n) is 10.5. The molecule has 32 heavy (non-hydrogen) atoms. The molecule has 0 saturated heterocycles. The molecule has 0 aliphatic rings. The van der Waals surface area contributed by atoms with Gasteiger partial charge in [-0.05, 0) is 36.2 Å². The van der Waals surface area contributed by atoms with Gasteiger partial charge in [0.25, 0.3) is 0 Å². The molecule has 1 amide bonds. The van der Waals surface area contributed by atoms with Crippen LogP contribution in [0.4, 0.5) is 0 Å². The van der Waals surface area contributed by atoms with Crippen LogP contribution in [0.25, 0.3) is 33.3 Å². The number of nitrogens with zero attached hydrogens (tertiary/aromatic N) is 3. The summed E-state index contributed by atoms with van der Waals surface area (Å²) in [5, 5.41) is 11.9. The van der Waals surface area contributed by atoms with Crippen molar-refractivity contribution in [3.63, 3.8) is 0 Å². The molecule has 2 unspecified atom stereocenters. The standard InChI is InChI=1S/C26H22N4O2/c27-25(32)24(31)22(16-17-8-2-1-3-9-17)30-21-14-5-4-13-20(21)29-26(30)19-12-6-10-18-11-7-15-28-23(18)19/h1-15,22,24,31H,16H2,(H2,27,32). The number of primary amides is 1. The number of carbonyl (C=O) groups excluding carboxylic acids is 1. The minimum atomic E-state index is -1.39. The molecule has 158 valence electrons. The van der Waals surface area contributed by atoms with Crippen LogP contribution in [0.2, 0.25) is 0 Å². The Morgan fingerprint density at radius 1 is 0.938 bits per heavy atom. The molecule has 0 radical (unpaired) electrons. The van der Waals surface area contributed by atoms with Crippen LogP contribution in [0.3, 0.4) is 0 Å². The second-order valence-electron chi connectivity index (χ2n) is 7.78. The highest BCUT2D eigenvalue weighted by Crippen LogP contribution is 2.34. The molecular weight excluding hydrogens is 400 g/mol. The number of hydrogen-bond donors (Lipinski definition) is 2. The second-order valence-corrected chi connectivity index (χ2v) is 7.78. The molecule has 3 N–H and O–H groups in total. The van der Waals surface area contributed by atoms with Gasteiger partial charge >= 0.3 is 0 Å². The number of aliphatic hydroxyl groups excluding tert-OH is 1. The number of carbonyl (C=O) groups is 1. The molecule has 2 atom stereocenters. The molecule has 0 saturated carbocycles. The number of nitrogens with two attached hydrogens (primary N) is 1. The summed E-state index contributed by atoms with van der Waals surface area (Å²) in [6.07, 6.45) is 0.768. The maximum atomic E-state index is 12.1. The Morgan fingerprint density at radius 3 is 2.50 bits per heavy atom. The van der Waals surface area contributed by atoms with Crippen LogP contribution >= 0.6 is 0 Å². The summed E-state index contributed by atoms with van der Waals surface area (Å²) < 4.78 is 1.93.